The second-order valence-electron chi connectivity index (χ2n) is 12.4. The SMILES string of the molecule is COc1cc2c(Oc3ccc(NC(=O)c4cc(-c5ccc(F)cc5)n5nccc5n4)cc3F)ccnc2cc1OCCCN1CCC(C)CC1. The maximum atomic E-state index is 15.4. The van der Waals surface area contributed by atoms with E-state index in [2.05, 4.69) is 32.2 Å². The predicted octanol–water partition coefficient (Wildman–Crippen LogP) is 7.78. The molecule has 0 unspecified atom stereocenters. The van der Waals surface area contributed by atoms with Gasteiger partial charge in [0.05, 0.1) is 31.1 Å². The highest BCUT2D eigenvalue weighted by Gasteiger charge is 2.18. The number of rotatable bonds is 11. The lowest BCUT2D eigenvalue weighted by Crippen LogP contribution is -2.34. The molecule has 1 amide bonds. The number of fused-ring (bicyclic) bond motifs is 2. The summed E-state index contributed by atoms with van der Waals surface area (Å²) in [6, 6.07) is 18.4. The number of pyridine rings is 1. The zero-order valence-electron chi connectivity index (χ0n) is 27.7. The van der Waals surface area contributed by atoms with Gasteiger partial charge in [0.25, 0.3) is 5.91 Å². The Balaban J connectivity index is 1.04. The number of carbonyl (C=O) groups is 1. The van der Waals surface area contributed by atoms with Gasteiger partial charge >= 0.3 is 0 Å². The summed E-state index contributed by atoms with van der Waals surface area (Å²) in [5.74, 6) is 0.604. The third kappa shape index (κ3) is 7.20. The average molecular weight is 679 g/mol. The number of carbonyl (C=O) groups excluding carboxylic acids is 1. The Morgan fingerprint density at radius 3 is 2.52 bits per heavy atom. The number of amides is 1. The van der Waals surface area contributed by atoms with E-state index in [1.54, 1.807) is 66.5 Å². The minimum Gasteiger partial charge on any atom is -0.493 e. The number of ether oxygens (including phenoxy) is 3. The topological polar surface area (TPSA) is 103 Å². The Morgan fingerprint density at radius 1 is 0.920 bits per heavy atom. The van der Waals surface area contributed by atoms with E-state index in [0.717, 1.165) is 32.0 Å². The number of anilines is 1. The molecule has 3 aromatic heterocycles. The normalized spacial score (nSPS) is 13.8. The van der Waals surface area contributed by atoms with Crippen molar-refractivity contribution >= 4 is 28.1 Å². The van der Waals surface area contributed by atoms with Crippen molar-refractivity contribution in [3.63, 3.8) is 0 Å². The molecule has 0 spiro atoms. The van der Waals surface area contributed by atoms with Crippen LogP contribution < -0.4 is 19.5 Å². The monoisotopic (exact) mass is 678 g/mol. The second-order valence-corrected chi connectivity index (χ2v) is 12.4. The maximum absolute atomic E-state index is 15.4. The van der Waals surface area contributed by atoms with Crippen molar-refractivity contribution in [3.8, 4) is 34.3 Å². The van der Waals surface area contributed by atoms with Gasteiger partial charge in [0.15, 0.2) is 28.7 Å². The van der Waals surface area contributed by atoms with Gasteiger partial charge in [0.2, 0.25) is 0 Å². The number of hydrogen-bond acceptors (Lipinski definition) is 8. The molecule has 0 atom stereocenters. The summed E-state index contributed by atoms with van der Waals surface area (Å²) < 4.78 is 48.3. The summed E-state index contributed by atoms with van der Waals surface area (Å²) in [6.45, 7) is 6.11. The molecule has 1 fully saturated rings. The fourth-order valence-electron chi connectivity index (χ4n) is 6.08. The van der Waals surface area contributed by atoms with Crippen LogP contribution in [0.3, 0.4) is 0 Å². The molecule has 50 heavy (non-hydrogen) atoms. The molecule has 1 aliphatic rings. The summed E-state index contributed by atoms with van der Waals surface area (Å²) >= 11 is 0. The molecule has 256 valence electrons. The predicted molar refractivity (Wildman–Crippen MR) is 186 cm³/mol. The minimum atomic E-state index is -0.686. The largest absolute Gasteiger partial charge is 0.493 e. The van der Waals surface area contributed by atoms with Gasteiger partial charge in [-0.05, 0) is 92.9 Å². The summed E-state index contributed by atoms with van der Waals surface area (Å²) in [5.41, 5.74) is 2.51. The van der Waals surface area contributed by atoms with E-state index in [9.17, 15) is 9.18 Å². The molecule has 0 bridgehead atoms. The smallest absolute Gasteiger partial charge is 0.274 e. The summed E-state index contributed by atoms with van der Waals surface area (Å²) in [6.07, 6.45) is 6.52. The van der Waals surface area contributed by atoms with E-state index >= 15 is 4.39 Å². The Hall–Kier alpha value is -5.62. The van der Waals surface area contributed by atoms with E-state index in [1.165, 1.54) is 43.2 Å². The number of methoxy groups -OCH3 is 1. The van der Waals surface area contributed by atoms with Crippen molar-refractivity contribution in [1.29, 1.82) is 0 Å². The fraction of sp³-hybridized carbons (Fsp3) is 0.263. The van der Waals surface area contributed by atoms with Crippen molar-refractivity contribution in [2.75, 3.05) is 38.7 Å². The highest BCUT2D eigenvalue weighted by molar-refractivity contribution is 6.03. The van der Waals surface area contributed by atoms with Crippen LogP contribution in [-0.4, -0.2) is 63.7 Å². The Bertz CT molecular complexity index is 2150. The molecule has 0 saturated carbocycles. The zero-order valence-corrected chi connectivity index (χ0v) is 27.7. The molecule has 1 N–H and O–H groups in total. The van der Waals surface area contributed by atoms with Crippen LogP contribution in [0.15, 0.2) is 85.2 Å². The van der Waals surface area contributed by atoms with Crippen LogP contribution in [0.5, 0.6) is 23.0 Å². The van der Waals surface area contributed by atoms with E-state index in [-0.39, 0.29) is 22.9 Å². The average Bonchev–Trinajstić information content (AvgIpc) is 3.61. The Morgan fingerprint density at radius 2 is 1.74 bits per heavy atom. The molecule has 3 aromatic carbocycles. The van der Waals surface area contributed by atoms with Crippen molar-refractivity contribution in [2.24, 2.45) is 5.92 Å². The van der Waals surface area contributed by atoms with Gasteiger partial charge in [0, 0.05) is 47.6 Å². The summed E-state index contributed by atoms with van der Waals surface area (Å²) in [4.78, 5) is 24.6. The van der Waals surface area contributed by atoms with E-state index in [1.807, 2.05) is 0 Å². The molecule has 10 nitrogen and oxygen atoms in total. The fourth-order valence-corrected chi connectivity index (χ4v) is 6.08. The van der Waals surface area contributed by atoms with Gasteiger partial charge in [-0.25, -0.2) is 18.3 Å². The highest BCUT2D eigenvalue weighted by atomic mass is 19.1. The van der Waals surface area contributed by atoms with Gasteiger partial charge < -0.3 is 24.4 Å². The molecule has 1 aliphatic heterocycles. The third-order valence-corrected chi connectivity index (χ3v) is 8.88. The lowest BCUT2D eigenvalue weighted by Gasteiger charge is -2.30. The van der Waals surface area contributed by atoms with E-state index < -0.39 is 11.7 Å². The first-order chi connectivity index (χ1) is 24.3. The number of likely N-dealkylation sites (tertiary alicyclic amines) is 1. The summed E-state index contributed by atoms with van der Waals surface area (Å²) in [5, 5.41) is 7.59. The van der Waals surface area contributed by atoms with Crippen LogP contribution in [0.4, 0.5) is 14.5 Å². The van der Waals surface area contributed by atoms with Crippen LogP contribution in [-0.2, 0) is 0 Å². The zero-order chi connectivity index (χ0) is 34.6. The van der Waals surface area contributed by atoms with Crippen molar-refractivity contribution < 1.29 is 27.8 Å². The lowest BCUT2D eigenvalue weighted by molar-refractivity contribution is 0.102. The first-order valence-corrected chi connectivity index (χ1v) is 16.6. The Labute approximate surface area is 287 Å². The summed E-state index contributed by atoms with van der Waals surface area (Å²) in [7, 11) is 1.57. The van der Waals surface area contributed by atoms with Crippen LogP contribution >= 0.6 is 0 Å². The van der Waals surface area contributed by atoms with Crippen molar-refractivity contribution in [2.45, 2.75) is 26.2 Å². The van der Waals surface area contributed by atoms with Crippen molar-refractivity contribution in [1.82, 2.24) is 24.5 Å². The molecule has 1 saturated heterocycles. The number of nitrogens with zero attached hydrogens (tertiary/aromatic N) is 5. The van der Waals surface area contributed by atoms with Crippen LogP contribution in [0.25, 0.3) is 27.8 Å². The number of aromatic nitrogens is 4. The number of piperidine rings is 1. The molecule has 12 heteroatoms. The quantitative estimate of drug-likeness (QED) is 0.139. The Kier molecular flexibility index (Phi) is 9.52. The standard InChI is InChI=1S/C38H36F2N6O4/c1-24-12-17-45(18-13-24)16-3-19-49-36-23-30-28(21-35(36)48-2)33(10-14-41-30)50-34-9-8-27(20-29(34)40)43-38(47)31-22-32(25-4-6-26(39)7-5-25)46-37(44-31)11-15-42-46/h4-11,14-15,20-24H,3,12-13,16-19H2,1-2H3,(H,43,47). The van der Waals surface area contributed by atoms with Crippen LogP contribution in [0, 0.1) is 17.6 Å². The van der Waals surface area contributed by atoms with Gasteiger partial charge in [-0.1, -0.05) is 6.92 Å². The van der Waals surface area contributed by atoms with Gasteiger partial charge in [-0.15, -0.1) is 0 Å². The van der Waals surface area contributed by atoms with Gasteiger partial charge in [-0.2, -0.15) is 5.10 Å². The highest BCUT2D eigenvalue weighted by Crippen LogP contribution is 2.38. The van der Waals surface area contributed by atoms with E-state index in [4.69, 9.17) is 14.2 Å². The molecular formula is C38H36F2N6O4. The molecule has 6 aromatic rings. The molecule has 4 heterocycles. The third-order valence-electron chi connectivity index (χ3n) is 8.88. The number of benzene rings is 3. The van der Waals surface area contributed by atoms with E-state index in [0.29, 0.717) is 51.7 Å². The second kappa shape index (κ2) is 14.5. The molecule has 0 aliphatic carbocycles. The molecule has 0 radical (unpaired) electrons. The molecule has 7 rings (SSSR count). The van der Waals surface area contributed by atoms with Crippen LogP contribution in [0.1, 0.15) is 36.7 Å². The molecular weight excluding hydrogens is 642 g/mol. The minimum absolute atomic E-state index is 0.0423. The van der Waals surface area contributed by atoms with Crippen molar-refractivity contribution in [3.05, 3.63) is 103 Å². The van der Waals surface area contributed by atoms with Gasteiger partial charge in [0.1, 0.15) is 17.3 Å². The lowest BCUT2D eigenvalue weighted by atomic mass is 9.99. The number of halogens is 2. The van der Waals surface area contributed by atoms with Crippen LogP contribution in [0.2, 0.25) is 0 Å². The first-order valence-electron chi connectivity index (χ1n) is 16.6. The van der Waals surface area contributed by atoms with Gasteiger partial charge in [-0.3, -0.25) is 9.78 Å². The number of hydrogen-bond donors (Lipinski definition) is 1. The maximum Gasteiger partial charge on any atom is 0.274 e. The first kappa shape index (κ1) is 32.9. The number of nitrogens with one attached hydrogen (secondary N) is 1.